The van der Waals surface area contributed by atoms with Crippen LogP contribution in [0.2, 0.25) is 0 Å². The maximum absolute atomic E-state index is 12.5. The van der Waals surface area contributed by atoms with E-state index in [-0.39, 0.29) is 17.4 Å². The van der Waals surface area contributed by atoms with Crippen LogP contribution in [0.3, 0.4) is 0 Å². The Morgan fingerprint density at radius 3 is 2.74 bits per heavy atom. The summed E-state index contributed by atoms with van der Waals surface area (Å²) in [4.78, 5) is 15.2. The van der Waals surface area contributed by atoms with Crippen molar-refractivity contribution in [3.63, 3.8) is 0 Å². The lowest BCUT2D eigenvalue weighted by Crippen LogP contribution is -2.26. The van der Waals surface area contributed by atoms with E-state index in [4.69, 9.17) is 15.2 Å². The zero-order valence-electron chi connectivity index (χ0n) is 14.6. The number of hydrogen-bond acceptors (Lipinski definition) is 9. The van der Waals surface area contributed by atoms with E-state index in [1.54, 1.807) is 6.07 Å². The molecule has 0 saturated heterocycles. The maximum Gasteiger partial charge on any atom is 0.240 e. The van der Waals surface area contributed by atoms with Crippen molar-refractivity contribution in [1.82, 2.24) is 24.7 Å². The monoisotopic (exact) mass is 410 g/mol. The van der Waals surface area contributed by atoms with Crippen LogP contribution in [0.5, 0.6) is 11.5 Å². The van der Waals surface area contributed by atoms with Crippen LogP contribution in [0.1, 0.15) is 0 Å². The van der Waals surface area contributed by atoms with Crippen molar-refractivity contribution in [1.29, 1.82) is 0 Å². The van der Waals surface area contributed by atoms with Crippen LogP contribution in [0.4, 0.5) is 5.95 Å². The van der Waals surface area contributed by atoms with E-state index in [0.717, 1.165) is 0 Å². The lowest BCUT2D eigenvalue weighted by molar-refractivity contribution is 0.354. The highest BCUT2D eigenvalue weighted by atomic mass is 32.2. The number of fused-ring (bicyclic) bond motifs is 1. The zero-order valence-corrected chi connectivity index (χ0v) is 16.2. The molecule has 0 saturated carbocycles. The van der Waals surface area contributed by atoms with Crippen molar-refractivity contribution >= 4 is 38.9 Å². The molecule has 0 atom stereocenters. The number of H-pyrrole nitrogens is 1. The van der Waals surface area contributed by atoms with Crippen molar-refractivity contribution in [2.75, 3.05) is 32.3 Å². The predicted octanol–water partition coefficient (Wildman–Crippen LogP) is 1.02. The first-order valence-corrected chi connectivity index (χ1v) is 10.2. The van der Waals surface area contributed by atoms with E-state index < -0.39 is 10.0 Å². The van der Waals surface area contributed by atoms with E-state index in [1.807, 2.05) is 0 Å². The van der Waals surface area contributed by atoms with Crippen LogP contribution in [0.15, 0.2) is 34.4 Å². The Labute approximate surface area is 159 Å². The summed E-state index contributed by atoms with van der Waals surface area (Å²) in [6.45, 7) is 0.195. The van der Waals surface area contributed by atoms with E-state index in [2.05, 4.69) is 24.7 Å². The van der Waals surface area contributed by atoms with Gasteiger partial charge in [-0.25, -0.2) is 23.1 Å². The highest BCUT2D eigenvalue weighted by Gasteiger charge is 2.17. The first-order chi connectivity index (χ1) is 12.9. The number of rotatable bonds is 8. The van der Waals surface area contributed by atoms with Gasteiger partial charge in [0.2, 0.25) is 16.0 Å². The van der Waals surface area contributed by atoms with Crippen LogP contribution < -0.4 is 19.9 Å². The molecule has 1 aromatic carbocycles. The Bertz CT molecular complexity index is 1050. The number of benzene rings is 1. The molecule has 10 nitrogen and oxygen atoms in total. The molecule has 2 heterocycles. The Hall–Kier alpha value is -2.57. The molecule has 0 bridgehead atoms. The first-order valence-electron chi connectivity index (χ1n) is 7.75. The second kappa shape index (κ2) is 7.98. The summed E-state index contributed by atoms with van der Waals surface area (Å²) in [5.74, 6) is 1.35. The minimum absolute atomic E-state index is 0.0902. The van der Waals surface area contributed by atoms with Gasteiger partial charge in [-0.05, 0) is 12.1 Å². The van der Waals surface area contributed by atoms with E-state index in [0.29, 0.717) is 33.4 Å². The molecule has 144 valence electrons. The van der Waals surface area contributed by atoms with Crippen molar-refractivity contribution in [2.24, 2.45) is 0 Å². The predicted molar refractivity (Wildman–Crippen MR) is 102 cm³/mol. The smallest absolute Gasteiger partial charge is 0.240 e. The van der Waals surface area contributed by atoms with Gasteiger partial charge in [0.1, 0.15) is 10.5 Å². The molecule has 0 amide bonds. The van der Waals surface area contributed by atoms with Gasteiger partial charge in [0.25, 0.3) is 0 Å². The quantitative estimate of drug-likeness (QED) is 0.281. The van der Waals surface area contributed by atoms with Crippen molar-refractivity contribution < 1.29 is 17.9 Å². The van der Waals surface area contributed by atoms with Crippen LogP contribution in [-0.4, -0.2) is 54.9 Å². The summed E-state index contributed by atoms with van der Waals surface area (Å²) in [6, 6.07) is 4.41. The first kappa shape index (κ1) is 19.2. The number of aromatic nitrogens is 4. The molecule has 0 unspecified atom stereocenters. The molecule has 0 radical (unpaired) electrons. The number of imidazole rings is 1. The molecule has 3 aromatic rings. The second-order valence-electron chi connectivity index (χ2n) is 5.25. The summed E-state index contributed by atoms with van der Waals surface area (Å²) < 4.78 is 37.7. The number of aromatic amines is 1. The van der Waals surface area contributed by atoms with Crippen LogP contribution >= 0.6 is 11.8 Å². The van der Waals surface area contributed by atoms with Gasteiger partial charge in [-0.15, -0.1) is 11.8 Å². The van der Waals surface area contributed by atoms with E-state index in [1.165, 1.54) is 44.4 Å². The average Bonchev–Trinajstić information content (AvgIpc) is 3.12. The number of nitrogens with zero attached hydrogens (tertiary/aromatic N) is 3. The number of nitrogens with two attached hydrogens (primary N) is 1. The Morgan fingerprint density at radius 2 is 2.00 bits per heavy atom. The molecule has 12 heteroatoms. The fourth-order valence-corrected chi connectivity index (χ4v) is 4.34. The third-order valence-corrected chi connectivity index (χ3v) is 6.00. The molecular weight excluding hydrogens is 392 g/mol. The van der Waals surface area contributed by atoms with Gasteiger partial charge in [-0.2, -0.15) is 4.98 Å². The van der Waals surface area contributed by atoms with Gasteiger partial charge in [-0.3, -0.25) is 0 Å². The van der Waals surface area contributed by atoms with Gasteiger partial charge in [0.15, 0.2) is 17.1 Å². The molecule has 4 N–H and O–H groups in total. The van der Waals surface area contributed by atoms with E-state index >= 15 is 0 Å². The molecular formula is C15H18N6O4S2. The van der Waals surface area contributed by atoms with Crippen LogP contribution in [-0.2, 0) is 10.0 Å². The van der Waals surface area contributed by atoms with Gasteiger partial charge >= 0.3 is 0 Å². The molecule has 27 heavy (non-hydrogen) atoms. The normalized spacial score (nSPS) is 11.6. The Balaban J connectivity index is 1.65. The Kier molecular flexibility index (Phi) is 5.68. The van der Waals surface area contributed by atoms with Crippen molar-refractivity contribution in [3.05, 3.63) is 24.5 Å². The van der Waals surface area contributed by atoms with Gasteiger partial charge in [0, 0.05) is 18.4 Å². The topological polar surface area (TPSA) is 145 Å². The highest BCUT2D eigenvalue weighted by Crippen LogP contribution is 2.29. The molecule has 3 rings (SSSR count). The summed E-state index contributed by atoms with van der Waals surface area (Å²) in [7, 11) is -0.758. The van der Waals surface area contributed by atoms with E-state index in [9.17, 15) is 8.42 Å². The average molecular weight is 410 g/mol. The summed E-state index contributed by atoms with van der Waals surface area (Å²) >= 11 is 1.34. The number of thioether (sulfide) groups is 1. The Morgan fingerprint density at radius 1 is 1.22 bits per heavy atom. The number of methoxy groups -OCH3 is 2. The highest BCUT2D eigenvalue weighted by molar-refractivity contribution is 7.99. The fraction of sp³-hybridized carbons (Fsp3) is 0.267. The molecule has 0 fully saturated rings. The standard InChI is InChI=1S/C15H18N6O4S2/c1-24-10-4-3-9(7-11(10)25-2)27(22,23)19-5-6-26-14-12-13(18-8-17-12)20-15(16)21-14/h3-4,7-8,19H,5-6H2,1-2H3,(H3,16,17,18,20,21). The third kappa shape index (κ3) is 4.23. The summed E-state index contributed by atoms with van der Waals surface area (Å²) in [5, 5.41) is 0.611. The number of anilines is 1. The largest absolute Gasteiger partial charge is 0.493 e. The molecule has 2 aromatic heterocycles. The number of nitrogens with one attached hydrogen (secondary N) is 2. The lowest BCUT2D eigenvalue weighted by Gasteiger charge is -2.11. The van der Waals surface area contributed by atoms with Crippen LogP contribution in [0.25, 0.3) is 11.2 Å². The summed E-state index contributed by atoms with van der Waals surface area (Å²) in [6.07, 6.45) is 1.50. The number of nitrogen functional groups attached to an aromatic ring is 1. The third-order valence-electron chi connectivity index (χ3n) is 3.57. The number of hydrogen-bond donors (Lipinski definition) is 3. The molecule has 0 spiro atoms. The minimum Gasteiger partial charge on any atom is -0.493 e. The molecule has 0 aliphatic rings. The fourth-order valence-electron chi connectivity index (χ4n) is 2.32. The van der Waals surface area contributed by atoms with Crippen molar-refractivity contribution in [2.45, 2.75) is 9.92 Å². The number of sulfonamides is 1. The number of ether oxygens (including phenoxy) is 2. The van der Waals surface area contributed by atoms with Crippen LogP contribution in [0, 0.1) is 0 Å². The lowest BCUT2D eigenvalue weighted by atomic mass is 10.3. The van der Waals surface area contributed by atoms with Gasteiger partial charge in [0.05, 0.1) is 25.4 Å². The zero-order chi connectivity index (χ0) is 19.4. The van der Waals surface area contributed by atoms with Crippen molar-refractivity contribution in [3.8, 4) is 11.5 Å². The molecule has 0 aliphatic carbocycles. The second-order valence-corrected chi connectivity index (χ2v) is 8.10. The SMILES string of the molecule is COc1ccc(S(=O)(=O)NCCSc2nc(N)nc3nc[nH]c23)cc1OC. The van der Waals surface area contributed by atoms with Gasteiger partial charge in [-0.1, -0.05) is 0 Å². The maximum atomic E-state index is 12.5. The minimum atomic E-state index is -3.69. The molecule has 0 aliphatic heterocycles. The van der Waals surface area contributed by atoms with Gasteiger partial charge < -0.3 is 20.2 Å². The summed E-state index contributed by atoms with van der Waals surface area (Å²) in [5.41, 5.74) is 6.79.